The lowest BCUT2D eigenvalue weighted by Crippen LogP contribution is -2.04. The van der Waals surface area contributed by atoms with Crippen molar-refractivity contribution >= 4 is 11.9 Å². The van der Waals surface area contributed by atoms with Crippen molar-refractivity contribution in [2.75, 3.05) is 0 Å². The first-order valence-electron chi connectivity index (χ1n) is 6.47. The van der Waals surface area contributed by atoms with E-state index in [0.717, 1.165) is 0 Å². The number of para-hydroxylation sites is 1. The summed E-state index contributed by atoms with van der Waals surface area (Å²) in [5.74, 6) is -1.52. The molecule has 0 aliphatic carbocycles. The number of carboxylic acids is 2. The Morgan fingerprint density at radius 2 is 1.45 bits per heavy atom. The SMILES string of the molecule is O=C(O)Cc1ccccc1Oc1ccc(O)cc1CC(=O)O. The van der Waals surface area contributed by atoms with Crippen molar-refractivity contribution in [1.82, 2.24) is 0 Å². The second kappa shape index (κ2) is 6.62. The number of hydrogen-bond donors (Lipinski definition) is 3. The molecule has 0 saturated carbocycles. The highest BCUT2D eigenvalue weighted by Gasteiger charge is 2.13. The van der Waals surface area contributed by atoms with E-state index in [1.54, 1.807) is 24.3 Å². The molecule has 2 aromatic rings. The van der Waals surface area contributed by atoms with Crippen LogP contribution in [0.4, 0.5) is 0 Å². The van der Waals surface area contributed by atoms with Crippen LogP contribution in [-0.2, 0) is 22.4 Å². The normalized spacial score (nSPS) is 10.2. The number of hydrogen-bond acceptors (Lipinski definition) is 4. The molecule has 0 aliphatic rings. The molecule has 22 heavy (non-hydrogen) atoms. The molecule has 2 aromatic carbocycles. The summed E-state index contributed by atoms with van der Waals surface area (Å²) in [5, 5.41) is 27.3. The van der Waals surface area contributed by atoms with E-state index in [9.17, 15) is 14.7 Å². The van der Waals surface area contributed by atoms with E-state index in [1.807, 2.05) is 0 Å². The molecule has 0 atom stereocenters. The number of ether oxygens (including phenoxy) is 1. The van der Waals surface area contributed by atoms with Crippen LogP contribution in [0.1, 0.15) is 11.1 Å². The Labute approximate surface area is 126 Å². The van der Waals surface area contributed by atoms with Gasteiger partial charge in [0, 0.05) is 11.1 Å². The van der Waals surface area contributed by atoms with Gasteiger partial charge in [-0.2, -0.15) is 0 Å². The molecule has 114 valence electrons. The van der Waals surface area contributed by atoms with Crippen LogP contribution in [0.3, 0.4) is 0 Å². The van der Waals surface area contributed by atoms with Crippen molar-refractivity contribution in [2.45, 2.75) is 12.8 Å². The third kappa shape index (κ3) is 3.99. The van der Waals surface area contributed by atoms with E-state index in [2.05, 4.69) is 0 Å². The second-order valence-corrected chi connectivity index (χ2v) is 4.64. The predicted octanol–water partition coefficient (Wildman–Crippen LogP) is 2.44. The zero-order chi connectivity index (χ0) is 16.1. The Kier molecular flexibility index (Phi) is 4.63. The van der Waals surface area contributed by atoms with E-state index < -0.39 is 11.9 Å². The van der Waals surface area contributed by atoms with Crippen LogP contribution < -0.4 is 4.74 Å². The van der Waals surface area contributed by atoms with Gasteiger partial charge < -0.3 is 20.1 Å². The number of aromatic hydroxyl groups is 1. The topological polar surface area (TPSA) is 104 Å². The number of carboxylic acid groups (broad SMARTS) is 2. The maximum absolute atomic E-state index is 10.9. The molecule has 0 saturated heterocycles. The molecule has 0 fully saturated rings. The summed E-state index contributed by atoms with van der Waals surface area (Å²) in [6.45, 7) is 0. The molecular weight excluding hydrogens is 288 g/mol. The minimum atomic E-state index is -1.06. The fourth-order valence-corrected chi connectivity index (χ4v) is 2.00. The minimum absolute atomic E-state index is 0.0672. The van der Waals surface area contributed by atoms with Crippen molar-refractivity contribution in [3.05, 3.63) is 53.6 Å². The van der Waals surface area contributed by atoms with Crippen LogP contribution >= 0.6 is 0 Å². The highest BCUT2D eigenvalue weighted by molar-refractivity contribution is 5.72. The second-order valence-electron chi connectivity index (χ2n) is 4.64. The van der Waals surface area contributed by atoms with Gasteiger partial charge in [0.1, 0.15) is 17.2 Å². The lowest BCUT2D eigenvalue weighted by Gasteiger charge is -2.13. The molecule has 2 rings (SSSR count). The van der Waals surface area contributed by atoms with E-state index >= 15 is 0 Å². The standard InChI is InChI=1S/C16H14O6/c17-12-5-6-14(11(7-12)9-16(20)21)22-13-4-2-1-3-10(13)8-15(18)19/h1-7,17H,8-9H2,(H,18,19)(H,20,21). The monoisotopic (exact) mass is 302 g/mol. The Hall–Kier alpha value is -3.02. The molecule has 0 spiro atoms. The van der Waals surface area contributed by atoms with Gasteiger partial charge in [-0.15, -0.1) is 0 Å². The molecule has 0 aromatic heterocycles. The lowest BCUT2D eigenvalue weighted by atomic mass is 10.1. The summed E-state index contributed by atoms with van der Waals surface area (Å²) in [5.41, 5.74) is 0.780. The first-order valence-corrected chi connectivity index (χ1v) is 6.47. The minimum Gasteiger partial charge on any atom is -0.508 e. The van der Waals surface area contributed by atoms with Gasteiger partial charge in [0.25, 0.3) is 0 Å². The molecule has 0 aliphatic heterocycles. The third-order valence-electron chi connectivity index (χ3n) is 2.92. The average Bonchev–Trinajstić information content (AvgIpc) is 2.42. The van der Waals surface area contributed by atoms with Gasteiger partial charge in [0.15, 0.2) is 0 Å². The number of phenols is 1. The van der Waals surface area contributed by atoms with Crippen LogP contribution in [0.5, 0.6) is 17.2 Å². The van der Waals surface area contributed by atoms with Crippen LogP contribution in [0, 0.1) is 0 Å². The highest BCUT2D eigenvalue weighted by Crippen LogP contribution is 2.31. The molecule has 3 N–H and O–H groups in total. The summed E-state index contributed by atoms with van der Waals surface area (Å²) < 4.78 is 5.66. The van der Waals surface area contributed by atoms with Crippen molar-refractivity contribution in [1.29, 1.82) is 0 Å². The Balaban J connectivity index is 2.35. The fourth-order valence-electron chi connectivity index (χ4n) is 2.00. The van der Waals surface area contributed by atoms with Crippen molar-refractivity contribution in [3.8, 4) is 17.2 Å². The third-order valence-corrected chi connectivity index (χ3v) is 2.92. The van der Waals surface area contributed by atoms with E-state index in [1.165, 1.54) is 18.2 Å². The number of phenolic OH excluding ortho intramolecular Hbond substituents is 1. The number of carbonyl (C=O) groups is 2. The van der Waals surface area contributed by atoms with Crippen LogP contribution in [-0.4, -0.2) is 27.3 Å². The molecule has 6 nitrogen and oxygen atoms in total. The van der Waals surface area contributed by atoms with Gasteiger partial charge in [-0.25, -0.2) is 0 Å². The molecule has 0 heterocycles. The Bertz CT molecular complexity index is 708. The highest BCUT2D eigenvalue weighted by atomic mass is 16.5. The van der Waals surface area contributed by atoms with Gasteiger partial charge in [-0.1, -0.05) is 18.2 Å². The molecule has 0 amide bonds. The zero-order valence-corrected chi connectivity index (χ0v) is 11.5. The average molecular weight is 302 g/mol. The molecule has 0 bridgehead atoms. The first-order chi connectivity index (χ1) is 10.5. The van der Waals surface area contributed by atoms with Crippen molar-refractivity contribution in [2.24, 2.45) is 0 Å². The quantitative estimate of drug-likeness (QED) is 0.757. The molecular formula is C16H14O6. The summed E-state index contributed by atoms with van der Waals surface area (Å²) in [6, 6.07) is 10.8. The summed E-state index contributed by atoms with van der Waals surface area (Å²) in [7, 11) is 0. The van der Waals surface area contributed by atoms with Crippen LogP contribution in [0.15, 0.2) is 42.5 Å². The van der Waals surface area contributed by atoms with Gasteiger partial charge in [0.2, 0.25) is 0 Å². The maximum Gasteiger partial charge on any atom is 0.307 e. The summed E-state index contributed by atoms with van der Waals surface area (Å²) in [4.78, 5) is 21.7. The lowest BCUT2D eigenvalue weighted by molar-refractivity contribution is -0.137. The summed E-state index contributed by atoms with van der Waals surface area (Å²) in [6.07, 6.45) is -0.520. The van der Waals surface area contributed by atoms with Gasteiger partial charge >= 0.3 is 11.9 Å². The molecule has 0 unspecified atom stereocenters. The number of aliphatic carboxylic acids is 2. The smallest absolute Gasteiger partial charge is 0.307 e. The predicted molar refractivity (Wildman–Crippen MR) is 77.3 cm³/mol. The van der Waals surface area contributed by atoms with Gasteiger partial charge in [0.05, 0.1) is 12.8 Å². The molecule has 6 heteroatoms. The maximum atomic E-state index is 10.9. The fraction of sp³-hybridized carbons (Fsp3) is 0.125. The zero-order valence-electron chi connectivity index (χ0n) is 11.5. The van der Waals surface area contributed by atoms with Crippen molar-refractivity contribution in [3.63, 3.8) is 0 Å². The van der Waals surface area contributed by atoms with Gasteiger partial charge in [-0.05, 0) is 24.3 Å². The van der Waals surface area contributed by atoms with E-state index in [0.29, 0.717) is 16.9 Å². The Morgan fingerprint density at radius 3 is 2.14 bits per heavy atom. The van der Waals surface area contributed by atoms with E-state index in [-0.39, 0.29) is 24.3 Å². The van der Waals surface area contributed by atoms with Crippen LogP contribution in [0.2, 0.25) is 0 Å². The number of rotatable bonds is 6. The Morgan fingerprint density at radius 1 is 0.864 bits per heavy atom. The van der Waals surface area contributed by atoms with Crippen molar-refractivity contribution < 1.29 is 29.6 Å². The number of benzene rings is 2. The summed E-state index contributed by atoms with van der Waals surface area (Å²) >= 11 is 0. The first kappa shape index (κ1) is 15.4. The molecule has 0 radical (unpaired) electrons. The largest absolute Gasteiger partial charge is 0.508 e. The van der Waals surface area contributed by atoms with Crippen LogP contribution in [0.25, 0.3) is 0 Å². The van der Waals surface area contributed by atoms with Gasteiger partial charge in [-0.3, -0.25) is 9.59 Å². The van der Waals surface area contributed by atoms with E-state index in [4.69, 9.17) is 14.9 Å².